The van der Waals surface area contributed by atoms with E-state index in [1.54, 1.807) is 13.0 Å². The molecule has 0 atom stereocenters. The first-order chi connectivity index (χ1) is 7.75. The molecule has 2 heteroatoms. The number of rotatable bonds is 2. The van der Waals surface area contributed by atoms with E-state index in [1.165, 1.54) is 0 Å². The molecule has 0 saturated heterocycles. The Morgan fingerprint density at radius 1 is 0.950 bits per heavy atom. The number of ether oxygens (including phenoxy) is 1. The lowest BCUT2D eigenvalue weighted by Gasteiger charge is -2.03. The Labute approximate surface area is 129 Å². The number of esters is 1. The first-order valence-electron chi connectivity index (χ1n) is 5.98. The summed E-state index contributed by atoms with van der Waals surface area (Å²) in [7, 11) is 0. The summed E-state index contributed by atoms with van der Waals surface area (Å²) in [5.41, 5.74) is 1.61. The smallest absolute Gasteiger partial charge is 0.338 e. The van der Waals surface area contributed by atoms with Crippen LogP contribution < -0.4 is 0 Å². The summed E-state index contributed by atoms with van der Waals surface area (Å²) in [6, 6.07) is 7.40. The van der Waals surface area contributed by atoms with Crippen LogP contribution in [0.3, 0.4) is 0 Å². The molecule has 0 aromatic heterocycles. The topological polar surface area (TPSA) is 26.3 Å². The van der Waals surface area contributed by atoms with Gasteiger partial charge in [0.05, 0.1) is 12.2 Å². The van der Waals surface area contributed by atoms with Crippen LogP contribution in [-0.4, -0.2) is 12.6 Å². The molecule has 0 aliphatic rings. The van der Waals surface area contributed by atoms with Gasteiger partial charge < -0.3 is 4.74 Å². The van der Waals surface area contributed by atoms with Crippen molar-refractivity contribution in [2.24, 2.45) is 0 Å². The Morgan fingerprint density at radius 3 is 1.70 bits per heavy atom. The molecule has 0 spiro atoms. The fourth-order valence-electron chi connectivity index (χ4n) is 1.01. The van der Waals surface area contributed by atoms with Gasteiger partial charge in [0.25, 0.3) is 0 Å². The average molecular weight is 289 g/mol. The van der Waals surface area contributed by atoms with Crippen molar-refractivity contribution >= 4 is 5.97 Å². The maximum absolute atomic E-state index is 11.2. The van der Waals surface area contributed by atoms with Gasteiger partial charge in [0.15, 0.2) is 0 Å². The fourth-order valence-corrected chi connectivity index (χ4v) is 1.01. The highest BCUT2D eigenvalue weighted by Gasteiger charge is 2.07. The second-order valence-electron chi connectivity index (χ2n) is 2.54. The summed E-state index contributed by atoms with van der Waals surface area (Å²) < 4.78 is 4.87. The minimum atomic E-state index is -0.240. The molecule has 1 aromatic carbocycles. The molecule has 0 aliphatic carbocycles. The van der Waals surface area contributed by atoms with Crippen molar-refractivity contribution in [2.75, 3.05) is 6.61 Å². The van der Waals surface area contributed by atoms with Gasteiger partial charge in [0.1, 0.15) is 0 Å². The summed E-state index contributed by atoms with van der Waals surface area (Å²) in [6.07, 6.45) is 0. The summed E-state index contributed by atoms with van der Waals surface area (Å²) >= 11 is 0. The van der Waals surface area contributed by atoms with Gasteiger partial charge in [-0.15, -0.1) is 0 Å². The van der Waals surface area contributed by atoms with Crippen LogP contribution in [0.15, 0.2) is 24.3 Å². The molecule has 0 radical (unpaired) electrons. The third-order valence-corrected chi connectivity index (χ3v) is 1.64. The molecule has 1 aromatic rings. The fraction of sp³-hybridized carbons (Fsp3) is 0.611. The highest BCUT2D eigenvalue weighted by molar-refractivity contribution is 5.90. The Hall–Kier alpha value is -1.31. The van der Waals surface area contributed by atoms with E-state index in [9.17, 15) is 4.79 Å². The van der Waals surface area contributed by atoms with Crippen LogP contribution in [0.1, 0.15) is 80.2 Å². The van der Waals surface area contributed by atoms with E-state index >= 15 is 0 Å². The Balaban J connectivity index is -0.0000000564. The van der Waals surface area contributed by atoms with E-state index in [0.29, 0.717) is 12.2 Å². The highest BCUT2D eigenvalue weighted by atomic mass is 16.5. The molecule has 1 rings (SSSR count). The minimum absolute atomic E-state index is 0. The van der Waals surface area contributed by atoms with Gasteiger partial charge in [-0.1, -0.05) is 75.6 Å². The number of aryl methyl sites for hydroxylation is 1. The molecule has 20 heavy (non-hydrogen) atoms. The maximum atomic E-state index is 11.2. The lowest BCUT2D eigenvalue weighted by Crippen LogP contribution is -2.05. The van der Waals surface area contributed by atoms with Crippen LogP contribution in [0.2, 0.25) is 0 Å². The van der Waals surface area contributed by atoms with Crippen LogP contribution in [0.4, 0.5) is 0 Å². The van der Waals surface area contributed by atoms with Crippen LogP contribution >= 0.6 is 0 Å². The van der Waals surface area contributed by atoms with Crippen molar-refractivity contribution < 1.29 is 9.53 Å². The predicted molar refractivity (Wildman–Crippen MR) is 96.8 cm³/mol. The van der Waals surface area contributed by atoms with Gasteiger partial charge in [-0.3, -0.25) is 0 Å². The molecule has 0 saturated carbocycles. The second-order valence-corrected chi connectivity index (χ2v) is 2.54. The molecular weight excluding hydrogens is 248 g/mol. The van der Waals surface area contributed by atoms with E-state index in [1.807, 2.05) is 52.8 Å². The summed E-state index contributed by atoms with van der Waals surface area (Å²) in [5.74, 6) is -0.240. The van der Waals surface area contributed by atoms with Crippen molar-refractivity contribution in [3.05, 3.63) is 35.4 Å². The largest absolute Gasteiger partial charge is 0.462 e. The number of carbonyl (C=O) groups excluding carboxylic acids is 1. The Kier molecular flexibility index (Phi) is 47.7. The summed E-state index contributed by atoms with van der Waals surface area (Å²) in [6.45, 7) is 12.1. The molecule has 0 bridgehead atoms. The van der Waals surface area contributed by atoms with Gasteiger partial charge >= 0.3 is 5.97 Å². The Morgan fingerprint density at radius 2 is 1.35 bits per heavy atom. The number of carbonyl (C=O) groups is 1. The maximum Gasteiger partial charge on any atom is 0.338 e. The zero-order chi connectivity index (χ0) is 13.0. The van der Waals surface area contributed by atoms with Gasteiger partial charge in [-0.2, -0.15) is 0 Å². The van der Waals surface area contributed by atoms with E-state index in [2.05, 4.69) is 0 Å². The van der Waals surface area contributed by atoms with E-state index in [4.69, 9.17) is 4.74 Å². The van der Waals surface area contributed by atoms with Crippen LogP contribution in [0.5, 0.6) is 0 Å². The van der Waals surface area contributed by atoms with Gasteiger partial charge in [-0.25, -0.2) is 4.79 Å². The molecule has 0 fully saturated rings. The molecule has 0 amide bonds. The molecule has 124 valence electrons. The first-order valence-corrected chi connectivity index (χ1v) is 5.98. The van der Waals surface area contributed by atoms with E-state index in [-0.39, 0.29) is 35.7 Å². The third-order valence-electron chi connectivity index (χ3n) is 1.64. The highest BCUT2D eigenvalue weighted by Crippen LogP contribution is 2.07. The van der Waals surface area contributed by atoms with Crippen molar-refractivity contribution in [3.63, 3.8) is 0 Å². The van der Waals surface area contributed by atoms with Crippen molar-refractivity contribution in [3.8, 4) is 0 Å². The minimum Gasteiger partial charge on any atom is -0.462 e. The second kappa shape index (κ2) is 26.3. The first kappa shape index (κ1) is 36.3. The molecule has 2 nitrogen and oxygen atoms in total. The number of hydrogen-bond donors (Lipinski definition) is 0. The normalized spacial score (nSPS) is 6.30. The van der Waals surface area contributed by atoms with Crippen LogP contribution in [0.25, 0.3) is 0 Å². The van der Waals surface area contributed by atoms with Gasteiger partial charge in [0.2, 0.25) is 0 Å². The van der Waals surface area contributed by atoms with Crippen molar-refractivity contribution in [1.82, 2.24) is 0 Å². The zero-order valence-electron chi connectivity index (χ0n) is 11.3. The number of hydrogen-bond acceptors (Lipinski definition) is 2. The van der Waals surface area contributed by atoms with Crippen molar-refractivity contribution in [2.45, 2.75) is 71.2 Å². The molecule has 0 unspecified atom stereocenters. The molecular formula is C18H40O2. The molecule has 0 N–H and O–H groups in total. The average Bonchev–Trinajstić information content (AvgIpc) is 2.35. The summed E-state index contributed by atoms with van der Waals surface area (Å²) in [4.78, 5) is 11.2. The lowest BCUT2D eigenvalue weighted by atomic mass is 10.1. The van der Waals surface area contributed by atoms with E-state index < -0.39 is 0 Å². The molecule has 0 heterocycles. The Bertz CT molecular complexity index is 281. The lowest BCUT2D eigenvalue weighted by molar-refractivity contribution is 0.0525. The van der Waals surface area contributed by atoms with Gasteiger partial charge in [-0.05, 0) is 25.5 Å². The SMILES string of the molecule is C.C.C.C.CC.CC.CCOC(=O)c1ccccc1C. The quantitative estimate of drug-likeness (QED) is 0.561. The molecule has 0 aliphatic heterocycles. The standard InChI is InChI=1S/C10H12O2.2C2H6.4CH4/c1-3-12-10(11)9-7-5-4-6-8(9)2;2*1-2;;;;/h4-7H,3H2,1-2H3;2*1-2H3;4*1H4. The van der Waals surface area contributed by atoms with Crippen LogP contribution in [0, 0.1) is 6.92 Å². The van der Waals surface area contributed by atoms with Gasteiger partial charge in [0, 0.05) is 0 Å². The third kappa shape index (κ3) is 14.7. The summed E-state index contributed by atoms with van der Waals surface area (Å²) in [5, 5.41) is 0. The van der Waals surface area contributed by atoms with Crippen molar-refractivity contribution in [1.29, 1.82) is 0 Å². The monoisotopic (exact) mass is 288 g/mol. The zero-order valence-corrected chi connectivity index (χ0v) is 11.3. The predicted octanol–water partition coefficient (Wildman–Crippen LogP) is 6.77. The number of benzene rings is 1. The van der Waals surface area contributed by atoms with Crippen LogP contribution in [-0.2, 0) is 4.74 Å². The van der Waals surface area contributed by atoms with E-state index in [0.717, 1.165) is 5.56 Å².